The molecule has 1 aliphatic heterocycles. The number of nitrogens with one attached hydrogen (secondary N) is 1. The number of nitrogens with zero attached hydrogens (tertiary/aromatic N) is 2. The van der Waals surface area contributed by atoms with Gasteiger partial charge in [-0.05, 0) is 55.5 Å². The van der Waals surface area contributed by atoms with E-state index in [1.807, 2.05) is 25.1 Å². The van der Waals surface area contributed by atoms with Crippen LogP contribution in [0.4, 0.5) is 0 Å². The van der Waals surface area contributed by atoms with E-state index in [1.165, 1.54) is 17.5 Å². The Morgan fingerprint density at radius 1 is 1.27 bits per heavy atom. The van der Waals surface area contributed by atoms with Crippen molar-refractivity contribution in [2.24, 2.45) is 0 Å². The average molecular weight is 355 g/mol. The normalized spacial score (nSPS) is 19.3. The zero-order valence-corrected chi connectivity index (χ0v) is 15.1. The van der Waals surface area contributed by atoms with Gasteiger partial charge in [-0.15, -0.1) is 0 Å². The van der Waals surface area contributed by atoms with Crippen LogP contribution >= 0.6 is 0 Å². The van der Waals surface area contributed by atoms with Gasteiger partial charge >= 0.3 is 5.97 Å². The van der Waals surface area contributed by atoms with E-state index in [-0.39, 0.29) is 0 Å². The number of carbonyl (C=O) groups is 1. The zero-order chi connectivity index (χ0) is 18.1. The summed E-state index contributed by atoms with van der Waals surface area (Å²) in [7, 11) is 0. The van der Waals surface area contributed by atoms with Crippen molar-refractivity contribution in [2.45, 2.75) is 51.2 Å². The molecule has 1 aromatic carbocycles. The van der Waals surface area contributed by atoms with E-state index in [4.69, 9.17) is 4.74 Å². The van der Waals surface area contributed by atoms with Crippen molar-refractivity contribution >= 4 is 5.97 Å². The lowest BCUT2D eigenvalue weighted by Crippen LogP contribution is -2.53. The van der Waals surface area contributed by atoms with Crippen LogP contribution in [0.2, 0.25) is 0 Å². The highest BCUT2D eigenvalue weighted by molar-refractivity contribution is 5.78. The molecule has 2 N–H and O–H groups in total. The molecule has 0 bridgehead atoms. The van der Waals surface area contributed by atoms with Gasteiger partial charge in [-0.2, -0.15) is 5.10 Å². The van der Waals surface area contributed by atoms with E-state index in [0.717, 1.165) is 30.8 Å². The highest BCUT2D eigenvalue weighted by atomic mass is 16.5. The minimum atomic E-state index is -1.13. The summed E-state index contributed by atoms with van der Waals surface area (Å²) in [4.78, 5) is 14.3. The molecule has 6 heteroatoms. The monoisotopic (exact) mass is 355 g/mol. The standard InChI is InChI=1S/C20H25N3O3/c1-14-11-17(22-21-14)13-23-9-7-20(8-10-23,19(24)25)26-18-6-5-15-3-2-4-16(15)12-18/h5-6,11-12H,2-4,7-10,13H2,1H3,(H,21,22)(H,24,25). The Morgan fingerprint density at radius 3 is 2.73 bits per heavy atom. The largest absolute Gasteiger partial charge is 0.478 e. The third-order valence-corrected chi connectivity index (χ3v) is 5.58. The lowest BCUT2D eigenvalue weighted by Gasteiger charge is -2.38. The van der Waals surface area contributed by atoms with Crippen LogP contribution in [0.5, 0.6) is 5.75 Å². The predicted octanol–water partition coefficient (Wildman–Crippen LogP) is 2.71. The van der Waals surface area contributed by atoms with E-state index in [0.29, 0.717) is 31.7 Å². The number of aliphatic carboxylic acids is 1. The van der Waals surface area contributed by atoms with Crippen molar-refractivity contribution in [3.63, 3.8) is 0 Å². The first-order chi connectivity index (χ1) is 12.5. The maximum Gasteiger partial charge on any atom is 0.348 e. The van der Waals surface area contributed by atoms with Crippen molar-refractivity contribution in [3.05, 3.63) is 46.8 Å². The third kappa shape index (κ3) is 3.33. The highest BCUT2D eigenvalue weighted by Crippen LogP contribution is 2.32. The Kier molecular flexibility index (Phi) is 4.44. The Bertz CT molecular complexity index is 806. The Balaban J connectivity index is 1.44. The smallest absolute Gasteiger partial charge is 0.348 e. The molecular formula is C20H25N3O3. The molecular weight excluding hydrogens is 330 g/mol. The van der Waals surface area contributed by atoms with E-state index in [1.54, 1.807) is 0 Å². The summed E-state index contributed by atoms with van der Waals surface area (Å²) < 4.78 is 6.08. The van der Waals surface area contributed by atoms with Crippen LogP contribution in [0.25, 0.3) is 0 Å². The number of carboxylic acids is 1. The maximum atomic E-state index is 12.0. The van der Waals surface area contributed by atoms with Gasteiger partial charge in [0.05, 0.1) is 5.69 Å². The number of piperidine rings is 1. The lowest BCUT2D eigenvalue weighted by atomic mass is 9.91. The number of rotatable bonds is 5. The minimum Gasteiger partial charge on any atom is -0.478 e. The first-order valence-corrected chi connectivity index (χ1v) is 9.32. The van der Waals surface area contributed by atoms with Crippen molar-refractivity contribution in [1.82, 2.24) is 15.1 Å². The van der Waals surface area contributed by atoms with Gasteiger partial charge in [-0.1, -0.05) is 6.07 Å². The summed E-state index contributed by atoms with van der Waals surface area (Å²) in [6, 6.07) is 8.07. The highest BCUT2D eigenvalue weighted by Gasteiger charge is 2.44. The average Bonchev–Trinajstić information content (AvgIpc) is 3.25. The van der Waals surface area contributed by atoms with E-state index in [9.17, 15) is 9.90 Å². The Morgan fingerprint density at radius 2 is 2.04 bits per heavy atom. The van der Waals surface area contributed by atoms with Crippen LogP contribution < -0.4 is 4.74 Å². The molecule has 2 heterocycles. The number of fused-ring (bicyclic) bond motifs is 1. The maximum absolute atomic E-state index is 12.0. The first-order valence-electron chi connectivity index (χ1n) is 9.32. The molecule has 0 spiro atoms. The first kappa shape index (κ1) is 17.1. The molecule has 0 amide bonds. The van der Waals surface area contributed by atoms with E-state index < -0.39 is 11.6 Å². The number of benzene rings is 1. The number of ether oxygens (including phenoxy) is 1. The molecule has 0 atom stereocenters. The molecule has 0 saturated carbocycles. The molecule has 138 valence electrons. The van der Waals surface area contributed by atoms with Gasteiger partial charge in [0.15, 0.2) is 0 Å². The summed E-state index contributed by atoms with van der Waals surface area (Å²) >= 11 is 0. The number of aromatic amines is 1. The van der Waals surface area contributed by atoms with Crippen LogP contribution in [-0.4, -0.2) is 44.9 Å². The van der Waals surface area contributed by atoms with Crippen LogP contribution in [0.15, 0.2) is 24.3 Å². The number of H-pyrrole nitrogens is 1. The lowest BCUT2D eigenvalue weighted by molar-refractivity contribution is -0.159. The summed E-state index contributed by atoms with van der Waals surface area (Å²) in [5.74, 6) is -0.183. The van der Waals surface area contributed by atoms with Gasteiger partial charge in [0.25, 0.3) is 0 Å². The van der Waals surface area contributed by atoms with Gasteiger partial charge < -0.3 is 9.84 Å². The molecule has 2 aromatic rings. The second kappa shape index (κ2) is 6.76. The topological polar surface area (TPSA) is 78.4 Å². The molecule has 26 heavy (non-hydrogen) atoms. The fourth-order valence-electron chi connectivity index (χ4n) is 4.05. The van der Waals surface area contributed by atoms with E-state index in [2.05, 4.69) is 21.2 Å². The molecule has 4 rings (SSSR count). The van der Waals surface area contributed by atoms with Gasteiger partial charge in [0.2, 0.25) is 5.60 Å². The predicted molar refractivity (Wildman–Crippen MR) is 97.3 cm³/mol. The van der Waals surface area contributed by atoms with Gasteiger partial charge in [0.1, 0.15) is 5.75 Å². The quantitative estimate of drug-likeness (QED) is 0.862. The molecule has 1 saturated heterocycles. The summed E-state index contributed by atoms with van der Waals surface area (Å²) in [6.07, 6.45) is 4.29. The van der Waals surface area contributed by atoms with Crippen LogP contribution in [0, 0.1) is 6.92 Å². The molecule has 2 aliphatic rings. The Labute approximate surface area is 153 Å². The van der Waals surface area contributed by atoms with Crippen LogP contribution in [0.3, 0.4) is 0 Å². The number of carboxylic acid groups (broad SMARTS) is 1. The molecule has 1 aromatic heterocycles. The van der Waals surface area contributed by atoms with Crippen LogP contribution in [-0.2, 0) is 24.2 Å². The van der Waals surface area contributed by atoms with Gasteiger partial charge in [-0.3, -0.25) is 10.00 Å². The van der Waals surface area contributed by atoms with Gasteiger partial charge in [0, 0.05) is 38.2 Å². The zero-order valence-electron chi connectivity index (χ0n) is 15.1. The summed E-state index contributed by atoms with van der Waals surface area (Å²) in [5, 5.41) is 17.1. The fraction of sp³-hybridized carbons (Fsp3) is 0.500. The molecule has 1 fully saturated rings. The van der Waals surface area contributed by atoms with Crippen LogP contribution in [0.1, 0.15) is 41.8 Å². The Hall–Kier alpha value is -2.34. The van der Waals surface area contributed by atoms with Crippen molar-refractivity contribution in [3.8, 4) is 5.75 Å². The number of hydrogen-bond donors (Lipinski definition) is 2. The SMILES string of the molecule is Cc1cc(CN2CCC(Oc3ccc4c(c3)CCC4)(C(=O)O)CC2)n[nH]1. The van der Waals surface area contributed by atoms with Gasteiger partial charge in [-0.25, -0.2) is 4.79 Å². The van der Waals surface area contributed by atoms with E-state index >= 15 is 0 Å². The fourth-order valence-corrected chi connectivity index (χ4v) is 4.05. The number of likely N-dealkylation sites (tertiary alicyclic amines) is 1. The number of aromatic nitrogens is 2. The molecule has 6 nitrogen and oxygen atoms in total. The molecule has 0 unspecified atom stereocenters. The minimum absolute atomic E-state index is 0.475. The van der Waals surface area contributed by atoms with Crippen molar-refractivity contribution < 1.29 is 14.6 Å². The third-order valence-electron chi connectivity index (χ3n) is 5.58. The van der Waals surface area contributed by atoms with Crippen molar-refractivity contribution in [1.29, 1.82) is 0 Å². The van der Waals surface area contributed by atoms with Crippen molar-refractivity contribution in [2.75, 3.05) is 13.1 Å². The number of aryl methyl sites for hydroxylation is 3. The summed E-state index contributed by atoms with van der Waals surface area (Å²) in [5.41, 5.74) is 3.56. The second-order valence-electron chi connectivity index (χ2n) is 7.50. The molecule has 0 radical (unpaired) electrons. The molecule has 1 aliphatic carbocycles. The number of hydrogen-bond acceptors (Lipinski definition) is 4. The summed E-state index contributed by atoms with van der Waals surface area (Å²) in [6.45, 7) is 4.08. The second-order valence-corrected chi connectivity index (χ2v) is 7.50.